The van der Waals surface area contributed by atoms with Gasteiger partial charge in [0, 0.05) is 24.2 Å². The van der Waals surface area contributed by atoms with E-state index in [-0.39, 0.29) is 24.7 Å². The molecule has 4 aromatic carbocycles. The Morgan fingerprint density at radius 2 is 0.887 bits per heavy atom. The molecular weight excluding hydrogens is 805 g/mol. The number of carbonyl (C=O) groups excluding carboxylic acids is 2. The van der Waals surface area contributed by atoms with Crippen molar-refractivity contribution in [2.24, 2.45) is 0 Å². The Morgan fingerprint density at radius 3 is 1.23 bits per heavy atom. The number of anilines is 2. The largest absolute Gasteiger partial charge is 0.462 e. The molecule has 62 heavy (non-hydrogen) atoms. The fourth-order valence-electron chi connectivity index (χ4n) is 7.41. The van der Waals surface area contributed by atoms with Gasteiger partial charge in [-0.2, -0.15) is 0 Å². The molecule has 2 heterocycles. The van der Waals surface area contributed by atoms with Crippen LogP contribution < -0.4 is 20.1 Å². The Morgan fingerprint density at radius 1 is 0.516 bits per heavy atom. The summed E-state index contributed by atoms with van der Waals surface area (Å²) in [6.45, 7) is 2.91. The second-order valence-corrected chi connectivity index (χ2v) is 15.8. The molecule has 2 aliphatic rings. The van der Waals surface area contributed by atoms with Gasteiger partial charge in [-0.15, -0.1) is 0 Å². The van der Waals surface area contributed by atoms with Crippen LogP contribution in [0.2, 0.25) is 0 Å². The first-order chi connectivity index (χ1) is 29.7. The summed E-state index contributed by atoms with van der Waals surface area (Å²) in [4.78, 5) is 25.6. The molecule has 16 heteroatoms. The van der Waals surface area contributed by atoms with Crippen molar-refractivity contribution >= 4 is 23.2 Å². The lowest BCUT2D eigenvalue weighted by Gasteiger charge is -2.39. The quantitative estimate of drug-likeness (QED) is 0.0724. The van der Waals surface area contributed by atoms with Gasteiger partial charge in [0.2, 0.25) is 24.4 Å². The smallest absolute Gasteiger partial charge is 0.229 e. The summed E-state index contributed by atoms with van der Waals surface area (Å²) in [5.74, 6) is 0.409. The van der Waals surface area contributed by atoms with Crippen LogP contribution in [-0.4, -0.2) is 127 Å². The van der Waals surface area contributed by atoms with Crippen LogP contribution in [0.3, 0.4) is 0 Å². The zero-order valence-corrected chi connectivity index (χ0v) is 34.5. The van der Waals surface area contributed by atoms with Crippen molar-refractivity contribution in [3.63, 3.8) is 0 Å². The zero-order valence-electron chi connectivity index (χ0n) is 34.5. The molecule has 334 valence electrons. The molecule has 0 saturated carbocycles. The van der Waals surface area contributed by atoms with E-state index < -0.39 is 74.6 Å². The highest BCUT2D eigenvalue weighted by Gasteiger charge is 2.45. The van der Waals surface area contributed by atoms with Crippen LogP contribution >= 0.6 is 0 Å². The van der Waals surface area contributed by atoms with Gasteiger partial charge >= 0.3 is 0 Å². The standard InChI is InChI=1S/C46H56N2O14/c1-25-21-31(47-37(51)19-7-27-3-15-33(16-4-27)59-45-43(57)41(55)39(53)35(23-49)61-45)13-11-29(25)9-10-30-12-14-32(22-26(30)2)48-38(52)20-8-28-5-17-34(18-6-28)60-46-44(58)42(56)40(54)36(24-50)62-46/h3-6,11-18,21-22,35-36,39-46,49-50,53-58H,7-10,19-20,23-24H2,1-2H3,(H,47,51)(H,48,52). The average molecular weight is 861 g/mol. The van der Waals surface area contributed by atoms with E-state index in [1.807, 2.05) is 50.2 Å². The predicted molar refractivity (Wildman–Crippen MR) is 225 cm³/mol. The van der Waals surface area contributed by atoms with Gasteiger partial charge in [0.25, 0.3) is 0 Å². The molecule has 10 N–H and O–H groups in total. The third kappa shape index (κ3) is 11.9. The van der Waals surface area contributed by atoms with Crippen LogP contribution in [0.1, 0.15) is 46.2 Å². The second-order valence-electron chi connectivity index (χ2n) is 15.8. The molecule has 16 nitrogen and oxygen atoms in total. The van der Waals surface area contributed by atoms with E-state index in [0.717, 1.165) is 46.2 Å². The van der Waals surface area contributed by atoms with Gasteiger partial charge in [-0.25, -0.2) is 0 Å². The minimum Gasteiger partial charge on any atom is -0.462 e. The summed E-state index contributed by atoms with van der Waals surface area (Å²) in [6.07, 6.45) is -10.8. The highest BCUT2D eigenvalue weighted by molar-refractivity contribution is 5.91. The fraction of sp³-hybridized carbons (Fsp3) is 0.435. The first-order valence-corrected chi connectivity index (χ1v) is 20.6. The Kier molecular flexibility index (Phi) is 16.1. The summed E-state index contributed by atoms with van der Waals surface area (Å²) in [5.41, 5.74) is 7.57. The number of benzene rings is 4. The van der Waals surface area contributed by atoms with Crippen LogP contribution in [0.5, 0.6) is 11.5 Å². The van der Waals surface area contributed by atoms with Crippen LogP contribution in [0.25, 0.3) is 0 Å². The van der Waals surface area contributed by atoms with Crippen molar-refractivity contribution in [2.75, 3.05) is 23.8 Å². The molecule has 2 amide bonds. The van der Waals surface area contributed by atoms with Crippen LogP contribution in [-0.2, 0) is 44.7 Å². The van der Waals surface area contributed by atoms with Gasteiger partial charge < -0.3 is 70.4 Å². The Bertz CT molecular complexity index is 1950. The number of hydrogen-bond acceptors (Lipinski definition) is 14. The summed E-state index contributed by atoms with van der Waals surface area (Å²) < 4.78 is 22.1. The lowest BCUT2D eigenvalue weighted by Crippen LogP contribution is -2.60. The molecule has 2 aliphatic heterocycles. The van der Waals surface area contributed by atoms with Crippen molar-refractivity contribution in [1.29, 1.82) is 0 Å². The molecule has 2 saturated heterocycles. The van der Waals surface area contributed by atoms with Gasteiger partial charge in [0.1, 0.15) is 60.3 Å². The lowest BCUT2D eigenvalue weighted by atomic mass is 9.97. The first-order valence-electron chi connectivity index (χ1n) is 20.6. The molecule has 10 atom stereocenters. The Labute approximate surface area is 359 Å². The van der Waals surface area contributed by atoms with Crippen molar-refractivity contribution < 1.29 is 69.4 Å². The number of aliphatic hydroxyl groups excluding tert-OH is 8. The maximum atomic E-state index is 12.8. The van der Waals surface area contributed by atoms with E-state index >= 15 is 0 Å². The highest BCUT2D eigenvalue weighted by Crippen LogP contribution is 2.27. The number of aryl methyl sites for hydroxylation is 6. The number of carbonyl (C=O) groups is 2. The second kappa shape index (κ2) is 21.4. The monoisotopic (exact) mass is 860 g/mol. The predicted octanol–water partition coefficient (Wildman–Crippen LogP) is 1.59. The maximum absolute atomic E-state index is 12.8. The summed E-state index contributed by atoms with van der Waals surface area (Å²) in [7, 11) is 0. The van der Waals surface area contributed by atoms with Crippen molar-refractivity contribution in [2.45, 2.75) is 114 Å². The molecule has 4 aromatic rings. The van der Waals surface area contributed by atoms with Gasteiger partial charge in [-0.3, -0.25) is 9.59 Å². The van der Waals surface area contributed by atoms with E-state index in [0.29, 0.717) is 35.7 Å². The first kappa shape index (κ1) is 46.5. The minimum atomic E-state index is -1.54. The van der Waals surface area contributed by atoms with Crippen LogP contribution in [0.15, 0.2) is 84.9 Å². The third-order valence-corrected chi connectivity index (χ3v) is 11.2. The Hall–Kier alpha value is -4.98. The average Bonchev–Trinajstić information content (AvgIpc) is 3.26. The molecule has 6 rings (SSSR count). The van der Waals surface area contributed by atoms with E-state index in [2.05, 4.69) is 10.6 Å². The van der Waals surface area contributed by atoms with Crippen molar-refractivity contribution in [3.05, 3.63) is 118 Å². The molecule has 2 fully saturated rings. The number of ether oxygens (including phenoxy) is 4. The SMILES string of the molecule is Cc1cc(NC(=O)CCc2ccc(OC3OC(CO)C(O)C(O)C3O)cc2)ccc1CCc1ccc(NC(=O)CCc2ccc(OC3OC(CO)C(O)C(O)C3O)cc2)cc1C. The van der Waals surface area contributed by atoms with E-state index in [4.69, 9.17) is 18.9 Å². The van der Waals surface area contributed by atoms with E-state index in [1.54, 1.807) is 48.5 Å². The topological polar surface area (TPSA) is 257 Å². The molecule has 0 aromatic heterocycles. The number of aliphatic hydroxyl groups is 8. The summed E-state index contributed by atoms with van der Waals surface area (Å²) >= 11 is 0. The number of nitrogens with one attached hydrogen (secondary N) is 2. The molecule has 0 spiro atoms. The van der Waals surface area contributed by atoms with Crippen LogP contribution in [0, 0.1) is 13.8 Å². The van der Waals surface area contributed by atoms with E-state index in [9.17, 15) is 50.4 Å². The van der Waals surface area contributed by atoms with Gasteiger partial charge in [-0.1, -0.05) is 36.4 Å². The van der Waals surface area contributed by atoms with Gasteiger partial charge in [0.05, 0.1) is 13.2 Å². The normalized spacial score (nSPS) is 26.1. The molecular formula is C46H56N2O14. The van der Waals surface area contributed by atoms with Crippen molar-refractivity contribution in [1.82, 2.24) is 0 Å². The molecule has 0 bridgehead atoms. The summed E-state index contributed by atoms with van der Waals surface area (Å²) in [6, 6.07) is 25.4. The van der Waals surface area contributed by atoms with Crippen molar-refractivity contribution in [3.8, 4) is 11.5 Å². The van der Waals surface area contributed by atoms with Crippen LogP contribution in [0.4, 0.5) is 11.4 Å². The van der Waals surface area contributed by atoms with Gasteiger partial charge in [0.15, 0.2) is 0 Å². The number of hydrogen-bond donors (Lipinski definition) is 10. The third-order valence-electron chi connectivity index (χ3n) is 11.2. The lowest BCUT2D eigenvalue weighted by molar-refractivity contribution is -0.277. The molecule has 0 aliphatic carbocycles. The Balaban J connectivity index is 0.903. The maximum Gasteiger partial charge on any atom is 0.229 e. The van der Waals surface area contributed by atoms with Gasteiger partial charge in [-0.05, 0) is 121 Å². The van der Waals surface area contributed by atoms with E-state index in [1.165, 1.54) is 0 Å². The molecule has 0 radical (unpaired) electrons. The molecule has 10 unspecified atom stereocenters. The zero-order chi connectivity index (χ0) is 44.5. The number of amides is 2. The highest BCUT2D eigenvalue weighted by atomic mass is 16.7. The number of rotatable bonds is 17. The minimum absolute atomic E-state index is 0.140. The summed E-state index contributed by atoms with van der Waals surface area (Å²) in [5, 5.41) is 85.1. The fourth-order valence-corrected chi connectivity index (χ4v) is 7.41.